The van der Waals surface area contributed by atoms with Gasteiger partial charge in [-0.25, -0.2) is 0 Å². The molecule has 1 heteroatoms. The molecule has 0 amide bonds. The van der Waals surface area contributed by atoms with Crippen LogP contribution in [0.5, 0.6) is 0 Å². The van der Waals surface area contributed by atoms with Crippen molar-refractivity contribution in [2.24, 2.45) is 0 Å². The van der Waals surface area contributed by atoms with Gasteiger partial charge in [0.2, 0.25) is 0 Å². The van der Waals surface area contributed by atoms with E-state index >= 15 is 0 Å². The Balaban J connectivity index is 0.00000116. The van der Waals surface area contributed by atoms with Crippen LogP contribution >= 0.6 is 7.26 Å². The lowest BCUT2D eigenvalue weighted by Crippen LogP contribution is -2.38. The second-order valence-electron chi connectivity index (χ2n) is 6.01. The lowest BCUT2D eigenvalue weighted by molar-refractivity contribution is 1.50. The Morgan fingerprint density at radius 3 is 0.576 bits per heavy atom. The fourth-order valence-corrected chi connectivity index (χ4v) is 7.77. The van der Waals surface area contributed by atoms with Crippen LogP contribution in [-0.4, -0.2) is 0 Å². The smallest absolute Gasteiger partial charge is 0.0683 e. The van der Waals surface area contributed by atoms with E-state index in [-0.39, 0.29) is 0 Å². The lowest BCUT2D eigenvalue weighted by Gasteiger charge is -2.27. The second kappa shape index (κ2) is 18.8. The van der Waals surface area contributed by atoms with Crippen molar-refractivity contribution in [3.8, 4) is 0 Å². The molecule has 0 heterocycles. The van der Waals surface area contributed by atoms with Crippen LogP contribution in [0.15, 0.2) is 121 Å². The first-order valence-corrected chi connectivity index (χ1v) is 14.3. The largest absolute Gasteiger partial charge is 0.144 e. The first-order valence-electron chi connectivity index (χ1n) is 12.5. The van der Waals surface area contributed by atoms with Gasteiger partial charge in [-0.15, -0.1) is 0 Å². The van der Waals surface area contributed by atoms with Crippen molar-refractivity contribution in [1.82, 2.24) is 0 Å². The van der Waals surface area contributed by atoms with E-state index < -0.39 is 7.26 Å². The first kappa shape index (κ1) is 30.3. The highest BCUT2D eigenvalue weighted by Gasteiger charge is 2.47. The van der Waals surface area contributed by atoms with Crippen LogP contribution in [0, 0.1) is 0 Å². The third kappa shape index (κ3) is 7.69. The van der Waals surface area contributed by atoms with Crippen LogP contribution in [0.2, 0.25) is 0 Å². The number of benzene rings is 4. The van der Waals surface area contributed by atoms with Crippen LogP contribution < -0.4 is 21.2 Å². The molecule has 0 N–H and O–H groups in total. The van der Waals surface area contributed by atoms with Gasteiger partial charge in [-0.2, -0.15) is 0 Å². The molecule has 0 spiro atoms. The molecule has 4 aromatic carbocycles. The standard InChI is InChI=1S/C24H20P.4C2H6/c1-5-13-21(14-6-1)25(22-15-7-2-8-16-22,23-17-9-3-10-18-23)24-19-11-4-12-20-24;4*1-2/h1-20H;4*1-2H3/q+1;;;;. The predicted molar refractivity (Wildman–Crippen MR) is 157 cm³/mol. The van der Waals surface area contributed by atoms with Gasteiger partial charge in [0.25, 0.3) is 0 Å². The van der Waals surface area contributed by atoms with Gasteiger partial charge in [0.15, 0.2) is 0 Å². The van der Waals surface area contributed by atoms with E-state index in [1.54, 1.807) is 0 Å². The van der Waals surface area contributed by atoms with Crippen LogP contribution in [0.1, 0.15) is 55.4 Å². The average Bonchev–Trinajstić information content (AvgIpc) is 2.96. The molecule has 0 saturated heterocycles. The molecule has 0 aliphatic carbocycles. The fraction of sp³-hybridized carbons (Fsp3) is 0.250. The number of rotatable bonds is 4. The van der Waals surface area contributed by atoms with Crippen LogP contribution in [0.4, 0.5) is 0 Å². The third-order valence-corrected chi connectivity index (χ3v) is 8.86. The van der Waals surface area contributed by atoms with E-state index in [1.807, 2.05) is 55.4 Å². The molecule has 33 heavy (non-hydrogen) atoms. The van der Waals surface area contributed by atoms with Crippen molar-refractivity contribution < 1.29 is 0 Å². The van der Waals surface area contributed by atoms with Crippen LogP contribution in [0.25, 0.3) is 0 Å². The Kier molecular flexibility index (Phi) is 17.3. The van der Waals surface area contributed by atoms with E-state index in [9.17, 15) is 0 Å². The highest BCUT2D eigenvalue weighted by molar-refractivity contribution is 8.01. The maximum absolute atomic E-state index is 2.28. The van der Waals surface area contributed by atoms with Gasteiger partial charge in [0.1, 0.15) is 28.5 Å². The minimum atomic E-state index is -1.91. The van der Waals surface area contributed by atoms with Crippen molar-refractivity contribution in [2.75, 3.05) is 0 Å². The minimum absolute atomic E-state index is 1.39. The Bertz CT molecular complexity index is 754. The summed E-state index contributed by atoms with van der Waals surface area (Å²) in [4.78, 5) is 0. The molecule has 0 bridgehead atoms. The molecular formula is C32H44P+. The highest BCUT2D eigenvalue weighted by atomic mass is 31.2. The molecule has 176 valence electrons. The zero-order valence-electron chi connectivity index (χ0n) is 22.0. The molecule has 0 fully saturated rings. The molecule has 0 radical (unpaired) electrons. The fourth-order valence-electron chi connectivity index (χ4n) is 3.50. The van der Waals surface area contributed by atoms with E-state index in [2.05, 4.69) is 121 Å². The molecule has 4 aromatic rings. The molecule has 0 aliphatic rings. The zero-order chi connectivity index (χ0) is 25.0. The van der Waals surface area contributed by atoms with E-state index in [0.29, 0.717) is 0 Å². The van der Waals surface area contributed by atoms with Crippen molar-refractivity contribution in [2.45, 2.75) is 55.4 Å². The molecule has 0 aliphatic heterocycles. The molecule has 0 aromatic heterocycles. The molecule has 0 nitrogen and oxygen atoms in total. The summed E-state index contributed by atoms with van der Waals surface area (Å²) >= 11 is 0. The van der Waals surface area contributed by atoms with Crippen molar-refractivity contribution in [1.29, 1.82) is 0 Å². The van der Waals surface area contributed by atoms with Gasteiger partial charge >= 0.3 is 0 Å². The number of hydrogen-bond donors (Lipinski definition) is 0. The Hall–Kier alpha value is -2.69. The summed E-state index contributed by atoms with van der Waals surface area (Å²) < 4.78 is 0. The second-order valence-corrected chi connectivity index (χ2v) is 9.42. The lowest BCUT2D eigenvalue weighted by atomic mass is 10.3. The summed E-state index contributed by atoms with van der Waals surface area (Å²) in [7, 11) is -1.91. The van der Waals surface area contributed by atoms with Gasteiger partial charge in [-0.3, -0.25) is 0 Å². The van der Waals surface area contributed by atoms with Gasteiger partial charge < -0.3 is 0 Å². The Labute approximate surface area is 205 Å². The van der Waals surface area contributed by atoms with Crippen LogP contribution in [-0.2, 0) is 0 Å². The summed E-state index contributed by atoms with van der Waals surface area (Å²) in [5, 5.41) is 5.55. The van der Waals surface area contributed by atoms with Gasteiger partial charge in [-0.1, -0.05) is 128 Å². The van der Waals surface area contributed by atoms with Gasteiger partial charge in [-0.05, 0) is 48.5 Å². The van der Waals surface area contributed by atoms with Crippen molar-refractivity contribution >= 4 is 28.5 Å². The summed E-state index contributed by atoms with van der Waals surface area (Å²) in [5.41, 5.74) is 0. The Morgan fingerprint density at radius 1 is 0.273 bits per heavy atom. The molecule has 4 rings (SSSR count). The molecule has 0 unspecified atom stereocenters. The quantitative estimate of drug-likeness (QED) is 0.269. The summed E-state index contributed by atoms with van der Waals surface area (Å²) in [6, 6.07) is 43.8. The summed E-state index contributed by atoms with van der Waals surface area (Å²) in [6.45, 7) is 16.0. The molecule has 0 saturated carbocycles. The normalized spacial score (nSPS) is 9.21. The zero-order valence-corrected chi connectivity index (χ0v) is 22.9. The third-order valence-electron chi connectivity index (χ3n) is 4.57. The van der Waals surface area contributed by atoms with Crippen molar-refractivity contribution in [3.63, 3.8) is 0 Å². The van der Waals surface area contributed by atoms with Crippen LogP contribution in [0.3, 0.4) is 0 Å². The average molecular weight is 460 g/mol. The van der Waals surface area contributed by atoms with E-state index in [4.69, 9.17) is 0 Å². The predicted octanol–water partition coefficient (Wildman–Crippen LogP) is 8.41. The minimum Gasteiger partial charge on any atom is -0.0683 e. The molecular weight excluding hydrogens is 415 g/mol. The monoisotopic (exact) mass is 459 g/mol. The SMILES string of the molecule is CC.CC.CC.CC.c1ccc([P+](c2ccccc2)(c2ccccc2)c2ccccc2)cc1. The van der Waals surface area contributed by atoms with Gasteiger partial charge in [0, 0.05) is 0 Å². The summed E-state index contributed by atoms with van der Waals surface area (Å²) in [5.74, 6) is 0. The van der Waals surface area contributed by atoms with Crippen molar-refractivity contribution in [3.05, 3.63) is 121 Å². The van der Waals surface area contributed by atoms with E-state index in [0.717, 1.165) is 0 Å². The van der Waals surface area contributed by atoms with Gasteiger partial charge in [0.05, 0.1) is 0 Å². The maximum Gasteiger partial charge on any atom is 0.144 e. The highest BCUT2D eigenvalue weighted by Crippen LogP contribution is 2.53. The number of hydrogen-bond acceptors (Lipinski definition) is 0. The summed E-state index contributed by atoms with van der Waals surface area (Å²) in [6.07, 6.45) is 0. The maximum atomic E-state index is 2.28. The molecule has 0 atom stereocenters. The first-order chi connectivity index (χ1) is 16.4. The topological polar surface area (TPSA) is 0 Å². The Morgan fingerprint density at radius 2 is 0.424 bits per heavy atom. The van der Waals surface area contributed by atoms with E-state index in [1.165, 1.54) is 21.2 Å².